The van der Waals surface area contributed by atoms with Crippen LogP contribution in [0.4, 0.5) is 0 Å². The van der Waals surface area contributed by atoms with Gasteiger partial charge in [0.05, 0.1) is 23.9 Å². The zero-order valence-corrected chi connectivity index (χ0v) is 10.7. The lowest BCUT2D eigenvalue weighted by Gasteiger charge is -2.33. The molecule has 0 unspecified atom stereocenters. The van der Waals surface area contributed by atoms with Gasteiger partial charge in [-0.05, 0) is 14.1 Å². The Bertz CT molecular complexity index is 302. The summed E-state index contributed by atoms with van der Waals surface area (Å²) < 4.78 is 5.74. The maximum Gasteiger partial charge on any atom is 0.0829 e. The van der Waals surface area contributed by atoms with E-state index in [1.165, 1.54) is 5.69 Å². The van der Waals surface area contributed by atoms with Crippen molar-refractivity contribution < 1.29 is 4.74 Å². The highest BCUT2D eigenvalue weighted by Gasteiger charge is 2.21. The first-order valence-electron chi connectivity index (χ1n) is 5.60. The molecule has 1 aliphatic heterocycles. The van der Waals surface area contributed by atoms with Gasteiger partial charge in [-0.3, -0.25) is 4.90 Å². The van der Waals surface area contributed by atoms with Crippen LogP contribution in [0.5, 0.6) is 0 Å². The number of nitrogens with zero attached hydrogens (tertiary/aromatic N) is 3. The summed E-state index contributed by atoms with van der Waals surface area (Å²) >= 11 is 1.66. The normalized spacial score (nSPS) is 22.8. The number of thiazole rings is 1. The van der Waals surface area contributed by atoms with E-state index >= 15 is 0 Å². The topological polar surface area (TPSA) is 28.6 Å². The average Bonchev–Trinajstić information content (AvgIpc) is 2.70. The molecule has 0 amide bonds. The second kappa shape index (κ2) is 5.72. The quantitative estimate of drug-likeness (QED) is 0.783. The summed E-state index contributed by atoms with van der Waals surface area (Å²) in [5.74, 6) is 0. The summed E-state index contributed by atoms with van der Waals surface area (Å²) in [5.41, 5.74) is 3.07. The molecule has 1 aliphatic rings. The first kappa shape index (κ1) is 12.0. The Morgan fingerprint density at radius 1 is 1.62 bits per heavy atom. The summed E-state index contributed by atoms with van der Waals surface area (Å²) in [7, 11) is 4.17. The minimum absolute atomic E-state index is 0.336. The van der Waals surface area contributed by atoms with Gasteiger partial charge < -0.3 is 9.64 Å². The van der Waals surface area contributed by atoms with E-state index in [2.05, 4.69) is 34.3 Å². The number of hydrogen-bond donors (Lipinski definition) is 0. The predicted molar refractivity (Wildman–Crippen MR) is 65.7 cm³/mol. The van der Waals surface area contributed by atoms with Crippen LogP contribution < -0.4 is 0 Å². The van der Waals surface area contributed by atoms with Crippen LogP contribution in [0.15, 0.2) is 10.9 Å². The summed E-state index contributed by atoms with van der Waals surface area (Å²) in [5, 5.41) is 2.12. The molecule has 4 nitrogen and oxygen atoms in total. The monoisotopic (exact) mass is 241 g/mol. The molecule has 0 N–H and O–H groups in total. The first-order valence-corrected chi connectivity index (χ1v) is 6.54. The van der Waals surface area contributed by atoms with Crippen molar-refractivity contribution >= 4 is 11.3 Å². The third kappa shape index (κ3) is 3.52. The SMILES string of the molecule is CN(C)C[C@H]1CN(Cc2cscn2)CCO1. The molecule has 0 bridgehead atoms. The third-order valence-corrected chi connectivity index (χ3v) is 3.30. The van der Waals surface area contributed by atoms with Crippen molar-refractivity contribution in [2.75, 3.05) is 40.3 Å². The summed E-state index contributed by atoms with van der Waals surface area (Å²) in [6.07, 6.45) is 0.336. The van der Waals surface area contributed by atoms with Crippen molar-refractivity contribution in [1.29, 1.82) is 0 Å². The van der Waals surface area contributed by atoms with E-state index in [1.54, 1.807) is 11.3 Å². The van der Waals surface area contributed by atoms with Crippen LogP contribution in [0.1, 0.15) is 5.69 Å². The molecule has 1 atom stereocenters. The lowest BCUT2D eigenvalue weighted by molar-refractivity contribution is -0.0409. The maximum atomic E-state index is 5.74. The van der Waals surface area contributed by atoms with Gasteiger partial charge in [-0.2, -0.15) is 0 Å². The highest BCUT2D eigenvalue weighted by atomic mass is 32.1. The molecule has 1 aromatic heterocycles. The fourth-order valence-electron chi connectivity index (χ4n) is 1.99. The highest BCUT2D eigenvalue weighted by molar-refractivity contribution is 7.07. The van der Waals surface area contributed by atoms with E-state index in [4.69, 9.17) is 4.74 Å². The van der Waals surface area contributed by atoms with Gasteiger partial charge in [-0.25, -0.2) is 4.98 Å². The first-order chi connectivity index (χ1) is 7.74. The Morgan fingerprint density at radius 2 is 2.50 bits per heavy atom. The largest absolute Gasteiger partial charge is 0.374 e. The number of hydrogen-bond acceptors (Lipinski definition) is 5. The van der Waals surface area contributed by atoms with Crippen LogP contribution in [-0.4, -0.2) is 61.2 Å². The van der Waals surface area contributed by atoms with E-state index in [0.29, 0.717) is 6.10 Å². The molecule has 2 heterocycles. The van der Waals surface area contributed by atoms with Crippen molar-refractivity contribution in [3.63, 3.8) is 0 Å². The number of ether oxygens (including phenoxy) is 1. The summed E-state index contributed by atoms with van der Waals surface area (Å²) in [6.45, 7) is 4.81. The van der Waals surface area contributed by atoms with Gasteiger partial charge in [0.15, 0.2) is 0 Å². The third-order valence-electron chi connectivity index (χ3n) is 2.66. The summed E-state index contributed by atoms with van der Waals surface area (Å²) in [4.78, 5) is 8.92. The molecule has 0 saturated carbocycles. The molecule has 90 valence electrons. The maximum absolute atomic E-state index is 5.74. The highest BCUT2D eigenvalue weighted by Crippen LogP contribution is 2.11. The number of aromatic nitrogens is 1. The molecule has 0 radical (unpaired) electrons. The summed E-state index contributed by atoms with van der Waals surface area (Å²) in [6, 6.07) is 0. The van der Waals surface area contributed by atoms with Gasteiger partial charge in [-0.15, -0.1) is 11.3 Å². The van der Waals surface area contributed by atoms with Crippen molar-refractivity contribution in [3.05, 3.63) is 16.6 Å². The van der Waals surface area contributed by atoms with Crippen LogP contribution in [0.3, 0.4) is 0 Å². The fourth-order valence-corrected chi connectivity index (χ4v) is 2.54. The van der Waals surface area contributed by atoms with Gasteiger partial charge in [0.1, 0.15) is 0 Å². The molecule has 2 rings (SSSR count). The van der Waals surface area contributed by atoms with E-state index in [-0.39, 0.29) is 0 Å². The minimum Gasteiger partial charge on any atom is -0.374 e. The Hall–Kier alpha value is -0.490. The number of likely N-dealkylation sites (N-methyl/N-ethyl adjacent to an activating group) is 1. The zero-order valence-electron chi connectivity index (χ0n) is 9.93. The van der Waals surface area contributed by atoms with E-state index in [0.717, 1.165) is 32.8 Å². The van der Waals surface area contributed by atoms with Gasteiger partial charge in [-0.1, -0.05) is 0 Å². The van der Waals surface area contributed by atoms with Crippen LogP contribution in [-0.2, 0) is 11.3 Å². The van der Waals surface area contributed by atoms with E-state index < -0.39 is 0 Å². The molecule has 0 aliphatic carbocycles. The van der Waals surface area contributed by atoms with Crippen LogP contribution in [0.25, 0.3) is 0 Å². The van der Waals surface area contributed by atoms with Crippen molar-refractivity contribution in [2.45, 2.75) is 12.6 Å². The van der Waals surface area contributed by atoms with Crippen LogP contribution in [0.2, 0.25) is 0 Å². The van der Waals surface area contributed by atoms with E-state index in [9.17, 15) is 0 Å². The Kier molecular flexibility index (Phi) is 4.29. The van der Waals surface area contributed by atoms with Gasteiger partial charge in [0, 0.05) is 31.6 Å². The van der Waals surface area contributed by atoms with Crippen LogP contribution >= 0.6 is 11.3 Å². The molecular weight excluding hydrogens is 222 g/mol. The molecule has 1 fully saturated rings. The number of rotatable bonds is 4. The van der Waals surface area contributed by atoms with Gasteiger partial charge in [0.25, 0.3) is 0 Å². The van der Waals surface area contributed by atoms with Crippen LogP contribution in [0, 0.1) is 0 Å². The molecule has 16 heavy (non-hydrogen) atoms. The van der Waals surface area contributed by atoms with Crippen molar-refractivity contribution in [2.24, 2.45) is 0 Å². The zero-order chi connectivity index (χ0) is 11.4. The standard InChI is InChI=1S/C11H19N3OS/c1-13(2)6-11-7-14(3-4-15-11)5-10-8-16-9-12-10/h8-9,11H,3-7H2,1-2H3/t11-/m0/s1. The van der Waals surface area contributed by atoms with Crippen molar-refractivity contribution in [3.8, 4) is 0 Å². The molecular formula is C11H19N3OS. The number of morpholine rings is 1. The Labute approximate surface area is 101 Å². The second-order valence-electron chi connectivity index (χ2n) is 4.47. The lowest BCUT2D eigenvalue weighted by Crippen LogP contribution is -2.45. The lowest BCUT2D eigenvalue weighted by atomic mass is 10.2. The molecule has 0 spiro atoms. The molecule has 1 aromatic rings. The van der Waals surface area contributed by atoms with Crippen molar-refractivity contribution in [1.82, 2.24) is 14.8 Å². The molecule has 1 saturated heterocycles. The molecule has 5 heteroatoms. The second-order valence-corrected chi connectivity index (χ2v) is 5.19. The molecule has 0 aromatic carbocycles. The minimum atomic E-state index is 0.336. The Balaban J connectivity index is 1.82. The van der Waals surface area contributed by atoms with Gasteiger partial charge in [0.2, 0.25) is 0 Å². The predicted octanol–water partition coefficient (Wildman–Crippen LogP) is 0.905. The fraction of sp³-hybridized carbons (Fsp3) is 0.727. The smallest absolute Gasteiger partial charge is 0.0829 e. The average molecular weight is 241 g/mol. The van der Waals surface area contributed by atoms with E-state index in [1.807, 2.05) is 5.51 Å². The Morgan fingerprint density at radius 3 is 3.19 bits per heavy atom. The van der Waals surface area contributed by atoms with Gasteiger partial charge >= 0.3 is 0 Å².